The highest BCUT2D eigenvalue weighted by molar-refractivity contribution is 7.09. The SMILES string of the molecule is N#CNC(N)=NCCc1cccs1. The van der Waals surface area contributed by atoms with Gasteiger partial charge in [-0.25, -0.2) is 0 Å². The first kappa shape index (κ1) is 9.55. The summed E-state index contributed by atoms with van der Waals surface area (Å²) in [7, 11) is 0. The van der Waals surface area contributed by atoms with Crippen molar-refractivity contribution in [1.82, 2.24) is 5.32 Å². The average molecular weight is 194 g/mol. The Hall–Kier alpha value is -1.54. The molecule has 0 aliphatic rings. The van der Waals surface area contributed by atoms with Gasteiger partial charge in [-0.2, -0.15) is 5.26 Å². The van der Waals surface area contributed by atoms with E-state index >= 15 is 0 Å². The molecule has 13 heavy (non-hydrogen) atoms. The van der Waals surface area contributed by atoms with Crippen LogP contribution < -0.4 is 11.1 Å². The monoisotopic (exact) mass is 194 g/mol. The molecule has 0 saturated carbocycles. The quantitative estimate of drug-likeness (QED) is 0.321. The van der Waals surface area contributed by atoms with Gasteiger partial charge in [-0.1, -0.05) is 6.07 Å². The Bertz CT molecular complexity index is 309. The van der Waals surface area contributed by atoms with Crippen LogP contribution in [0.5, 0.6) is 0 Å². The lowest BCUT2D eigenvalue weighted by atomic mass is 10.3. The third-order valence-corrected chi connectivity index (χ3v) is 2.34. The van der Waals surface area contributed by atoms with Gasteiger partial charge in [-0.15, -0.1) is 11.3 Å². The number of guanidine groups is 1. The molecule has 0 aliphatic heterocycles. The van der Waals surface area contributed by atoms with Crippen molar-refractivity contribution in [2.45, 2.75) is 6.42 Å². The second kappa shape index (κ2) is 5.17. The van der Waals surface area contributed by atoms with E-state index in [-0.39, 0.29) is 5.96 Å². The molecule has 0 aromatic carbocycles. The zero-order valence-corrected chi connectivity index (χ0v) is 7.84. The molecule has 1 rings (SSSR count). The third-order valence-electron chi connectivity index (χ3n) is 1.40. The van der Waals surface area contributed by atoms with Gasteiger partial charge in [-0.3, -0.25) is 10.3 Å². The van der Waals surface area contributed by atoms with E-state index in [4.69, 9.17) is 11.0 Å². The van der Waals surface area contributed by atoms with Crippen molar-refractivity contribution >= 4 is 17.3 Å². The molecule has 0 amide bonds. The molecule has 5 heteroatoms. The highest BCUT2D eigenvalue weighted by Gasteiger charge is 1.92. The maximum absolute atomic E-state index is 8.20. The molecular formula is C8H10N4S. The van der Waals surface area contributed by atoms with Crippen LogP contribution in [0.3, 0.4) is 0 Å². The number of hydrogen-bond acceptors (Lipinski definition) is 3. The molecule has 0 bridgehead atoms. The Morgan fingerprint density at radius 2 is 2.62 bits per heavy atom. The van der Waals surface area contributed by atoms with Crippen LogP contribution in [-0.4, -0.2) is 12.5 Å². The van der Waals surface area contributed by atoms with Crippen LogP contribution >= 0.6 is 11.3 Å². The fraction of sp³-hybridized carbons (Fsp3) is 0.250. The first-order valence-electron chi connectivity index (χ1n) is 3.80. The van der Waals surface area contributed by atoms with E-state index in [0.717, 1.165) is 6.42 Å². The summed E-state index contributed by atoms with van der Waals surface area (Å²) in [6, 6.07) is 4.05. The maximum atomic E-state index is 8.20. The normalized spacial score (nSPS) is 10.8. The van der Waals surface area contributed by atoms with E-state index in [9.17, 15) is 0 Å². The zero-order valence-electron chi connectivity index (χ0n) is 7.03. The highest BCUT2D eigenvalue weighted by Crippen LogP contribution is 2.08. The number of rotatable bonds is 3. The number of aliphatic imine (C=N–C) groups is 1. The fourth-order valence-corrected chi connectivity index (χ4v) is 1.54. The van der Waals surface area contributed by atoms with Crippen molar-refractivity contribution < 1.29 is 0 Å². The molecule has 4 nitrogen and oxygen atoms in total. The zero-order chi connectivity index (χ0) is 9.52. The van der Waals surface area contributed by atoms with Crippen molar-refractivity contribution in [3.63, 3.8) is 0 Å². The molecule has 1 aromatic heterocycles. The molecule has 1 aromatic rings. The van der Waals surface area contributed by atoms with Crippen molar-refractivity contribution in [1.29, 1.82) is 5.26 Å². The summed E-state index contributed by atoms with van der Waals surface area (Å²) in [6.07, 6.45) is 2.57. The number of nitriles is 1. The van der Waals surface area contributed by atoms with E-state index in [0.29, 0.717) is 6.54 Å². The molecule has 0 unspecified atom stereocenters. The molecule has 0 fully saturated rings. The third kappa shape index (κ3) is 3.58. The summed E-state index contributed by atoms with van der Waals surface area (Å²) >= 11 is 1.69. The maximum Gasteiger partial charge on any atom is 0.202 e. The van der Waals surface area contributed by atoms with Gasteiger partial charge >= 0.3 is 0 Å². The molecule has 68 valence electrons. The van der Waals surface area contributed by atoms with Gasteiger partial charge in [0.1, 0.15) is 0 Å². The van der Waals surface area contributed by atoms with Crippen LogP contribution in [0.2, 0.25) is 0 Å². The molecule has 1 heterocycles. The number of thiophene rings is 1. The van der Waals surface area contributed by atoms with Gasteiger partial charge in [-0.05, 0) is 11.4 Å². The van der Waals surface area contributed by atoms with E-state index < -0.39 is 0 Å². The smallest absolute Gasteiger partial charge is 0.202 e. The Balaban J connectivity index is 2.28. The summed E-state index contributed by atoms with van der Waals surface area (Å²) in [5.74, 6) is 0.180. The first-order chi connectivity index (χ1) is 6.33. The Morgan fingerprint density at radius 3 is 3.23 bits per heavy atom. The fourth-order valence-electron chi connectivity index (χ4n) is 0.838. The van der Waals surface area contributed by atoms with E-state index in [1.807, 2.05) is 17.5 Å². The van der Waals surface area contributed by atoms with Crippen LogP contribution in [0.1, 0.15) is 4.88 Å². The highest BCUT2D eigenvalue weighted by atomic mass is 32.1. The van der Waals surface area contributed by atoms with Crippen LogP contribution in [0.25, 0.3) is 0 Å². The number of nitrogens with zero attached hydrogens (tertiary/aromatic N) is 2. The second-order valence-corrected chi connectivity index (χ2v) is 3.37. The van der Waals surface area contributed by atoms with E-state index in [1.165, 1.54) is 4.88 Å². The largest absolute Gasteiger partial charge is 0.369 e. The lowest BCUT2D eigenvalue weighted by Crippen LogP contribution is -2.27. The number of nitrogens with one attached hydrogen (secondary N) is 1. The van der Waals surface area contributed by atoms with Gasteiger partial charge in [0.25, 0.3) is 0 Å². The predicted octanol–water partition coefficient (Wildman–Crippen LogP) is 0.676. The van der Waals surface area contributed by atoms with Crippen LogP contribution in [-0.2, 0) is 6.42 Å². The summed E-state index contributed by atoms with van der Waals surface area (Å²) < 4.78 is 0. The molecule has 0 atom stereocenters. The van der Waals surface area contributed by atoms with Crippen molar-refractivity contribution in [3.8, 4) is 6.19 Å². The van der Waals surface area contributed by atoms with Crippen LogP contribution in [0, 0.1) is 11.5 Å². The Morgan fingerprint density at radius 1 is 1.77 bits per heavy atom. The van der Waals surface area contributed by atoms with Crippen molar-refractivity contribution in [2.75, 3.05) is 6.54 Å². The average Bonchev–Trinajstić information content (AvgIpc) is 2.57. The second-order valence-electron chi connectivity index (χ2n) is 2.33. The van der Waals surface area contributed by atoms with Gasteiger partial charge in [0.15, 0.2) is 6.19 Å². The summed E-state index contributed by atoms with van der Waals surface area (Å²) in [5, 5.41) is 12.5. The van der Waals surface area contributed by atoms with Crippen LogP contribution in [0.4, 0.5) is 0 Å². The minimum atomic E-state index is 0.180. The van der Waals surface area contributed by atoms with Gasteiger partial charge < -0.3 is 5.73 Å². The standard InChI is InChI=1S/C8H10N4S/c9-6-12-8(10)11-4-3-7-2-1-5-13-7/h1-2,5H,3-4H2,(H3,10,11,12). The topological polar surface area (TPSA) is 74.2 Å². The molecule has 3 N–H and O–H groups in total. The summed E-state index contributed by atoms with van der Waals surface area (Å²) in [6.45, 7) is 0.612. The minimum Gasteiger partial charge on any atom is -0.369 e. The number of hydrogen-bond donors (Lipinski definition) is 2. The van der Waals surface area contributed by atoms with Crippen molar-refractivity contribution in [2.24, 2.45) is 10.7 Å². The van der Waals surface area contributed by atoms with Crippen molar-refractivity contribution in [3.05, 3.63) is 22.4 Å². The van der Waals surface area contributed by atoms with Gasteiger partial charge in [0.2, 0.25) is 5.96 Å². The Kier molecular flexibility index (Phi) is 3.79. The summed E-state index contributed by atoms with van der Waals surface area (Å²) in [4.78, 5) is 5.23. The predicted molar refractivity (Wildman–Crippen MR) is 53.3 cm³/mol. The molecule has 0 radical (unpaired) electrons. The lowest BCUT2D eigenvalue weighted by Gasteiger charge is -1.95. The Labute approximate surface area is 80.7 Å². The lowest BCUT2D eigenvalue weighted by molar-refractivity contribution is 0.970. The molecule has 0 saturated heterocycles. The first-order valence-corrected chi connectivity index (χ1v) is 4.68. The van der Waals surface area contributed by atoms with E-state index in [2.05, 4.69) is 10.3 Å². The molecule has 0 aliphatic carbocycles. The van der Waals surface area contributed by atoms with Gasteiger partial charge in [0.05, 0.1) is 0 Å². The number of nitrogens with two attached hydrogens (primary N) is 1. The summed E-state index contributed by atoms with van der Waals surface area (Å²) in [5.41, 5.74) is 5.34. The van der Waals surface area contributed by atoms with Gasteiger partial charge in [0, 0.05) is 17.8 Å². The molecule has 0 spiro atoms. The minimum absolute atomic E-state index is 0.180. The molecular weight excluding hydrogens is 184 g/mol. The van der Waals surface area contributed by atoms with E-state index in [1.54, 1.807) is 17.5 Å². The van der Waals surface area contributed by atoms with Crippen LogP contribution in [0.15, 0.2) is 22.5 Å².